The molecule has 42 heavy (non-hydrogen) atoms. The molecule has 0 unspecified atom stereocenters. The quantitative estimate of drug-likeness (QED) is 0.116. The minimum Gasteiger partial charge on any atom is -0.368 e. The molecule has 1 aliphatic rings. The second kappa shape index (κ2) is 12.3. The van der Waals surface area contributed by atoms with E-state index in [2.05, 4.69) is 76.3 Å². The van der Waals surface area contributed by atoms with E-state index in [0.717, 1.165) is 71.5 Å². The van der Waals surface area contributed by atoms with E-state index in [1.165, 1.54) is 0 Å². The summed E-state index contributed by atoms with van der Waals surface area (Å²) in [5.74, 6) is 2.43. The Bertz CT molecular complexity index is 1630. The summed E-state index contributed by atoms with van der Waals surface area (Å²) in [6.45, 7) is 8.37. The maximum Gasteiger partial charge on any atom is 0.220 e. The molecule has 0 aliphatic heterocycles. The number of fused-ring (bicyclic) bond motifs is 1. The molecule has 1 aliphatic carbocycles. The van der Waals surface area contributed by atoms with E-state index >= 15 is 0 Å². The second-order valence-corrected chi connectivity index (χ2v) is 18.7. The van der Waals surface area contributed by atoms with Gasteiger partial charge in [0.1, 0.15) is 24.4 Å². The van der Waals surface area contributed by atoms with Crippen molar-refractivity contribution in [1.82, 2.24) is 49.5 Å². The summed E-state index contributed by atoms with van der Waals surface area (Å²) in [7, 11) is -1.12. The van der Waals surface area contributed by atoms with Gasteiger partial charge in [0.25, 0.3) is 0 Å². The van der Waals surface area contributed by atoms with Crippen molar-refractivity contribution in [1.29, 1.82) is 0 Å². The summed E-state index contributed by atoms with van der Waals surface area (Å²) in [5, 5.41) is 13.8. The number of hydrogen-bond donors (Lipinski definition) is 2. The summed E-state index contributed by atoms with van der Waals surface area (Å²) in [6.07, 6.45) is 13.8. The van der Waals surface area contributed by atoms with Gasteiger partial charge in [-0.3, -0.25) is 9.78 Å². The zero-order chi connectivity index (χ0) is 29.1. The third kappa shape index (κ3) is 6.71. The van der Waals surface area contributed by atoms with Crippen LogP contribution in [-0.2, 0) is 11.5 Å². The number of rotatable bonds is 11. The molecule has 6 rings (SSSR count). The van der Waals surface area contributed by atoms with E-state index in [1.807, 2.05) is 12.4 Å². The van der Waals surface area contributed by atoms with Crippen LogP contribution in [0.1, 0.15) is 31.7 Å². The van der Waals surface area contributed by atoms with Crippen molar-refractivity contribution in [3.05, 3.63) is 43.2 Å². The molecule has 14 heteroatoms. The largest absolute Gasteiger partial charge is 0.368 e. The van der Waals surface area contributed by atoms with E-state index in [4.69, 9.17) is 15.6 Å². The first-order valence-electron chi connectivity index (χ1n) is 14.4. The van der Waals surface area contributed by atoms with Crippen molar-refractivity contribution in [3.63, 3.8) is 0 Å². The number of thioether (sulfide) groups is 1. The van der Waals surface area contributed by atoms with Crippen molar-refractivity contribution in [3.8, 4) is 22.8 Å². The molecule has 3 N–H and O–H groups in total. The van der Waals surface area contributed by atoms with Crippen LogP contribution in [0.25, 0.3) is 33.8 Å². The van der Waals surface area contributed by atoms with Gasteiger partial charge in [-0.25, -0.2) is 19.9 Å². The SMILES string of the molecule is C[Si](C)(C)CCOCn1ccc2c(-c3cnn(C4CCC(CSc5n[nH]c(-c6ccnc(N)n6)n5)CC4)c3)ncnc21. The fourth-order valence-corrected chi connectivity index (χ4v) is 6.98. The van der Waals surface area contributed by atoms with Crippen LogP contribution in [0.5, 0.6) is 0 Å². The van der Waals surface area contributed by atoms with Crippen LogP contribution in [-0.4, -0.2) is 69.9 Å². The topological polar surface area (TPSA) is 151 Å². The Morgan fingerprint density at radius 1 is 1.10 bits per heavy atom. The molecule has 1 saturated carbocycles. The number of ether oxygens (including phenoxy) is 1. The summed E-state index contributed by atoms with van der Waals surface area (Å²) < 4.78 is 10.1. The molecular weight excluding hydrogens is 567 g/mol. The number of anilines is 1. The lowest BCUT2D eigenvalue weighted by atomic mass is 9.87. The molecule has 0 bridgehead atoms. The summed E-state index contributed by atoms with van der Waals surface area (Å²) in [6, 6.07) is 5.38. The Morgan fingerprint density at radius 2 is 1.95 bits per heavy atom. The molecule has 5 aromatic heterocycles. The Kier molecular flexibility index (Phi) is 8.35. The van der Waals surface area contributed by atoms with Crippen LogP contribution in [0.15, 0.2) is 48.4 Å². The Hall–Kier alpha value is -3.62. The summed E-state index contributed by atoms with van der Waals surface area (Å²) >= 11 is 1.68. The number of hydrogen-bond acceptors (Lipinski definition) is 10. The van der Waals surface area contributed by atoms with E-state index in [0.29, 0.717) is 30.2 Å². The number of aromatic amines is 1. The molecule has 1 fully saturated rings. The average molecular weight is 604 g/mol. The van der Waals surface area contributed by atoms with Crippen LogP contribution in [0.4, 0.5) is 5.95 Å². The molecule has 5 heterocycles. The number of H-pyrrole nitrogens is 1. The first-order chi connectivity index (χ1) is 20.3. The maximum atomic E-state index is 5.97. The number of nitrogens with two attached hydrogens (primary N) is 1. The van der Waals surface area contributed by atoms with Crippen molar-refractivity contribution < 1.29 is 4.74 Å². The highest BCUT2D eigenvalue weighted by molar-refractivity contribution is 7.99. The maximum absolute atomic E-state index is 5.97. The third-order valence-corrected chi connectivity index (χ3v) is 10.5. The fraction of sp³-hybridized carbons (Fsp3) is 0.464. The second-order valence-electron chi connectivity index (χ2n) is 12.1. The van der Waals surface area contributed by atoms with Gasteiger partial charge in [0.15, 0.2) is 5.82 Å². The molecular formula is C28H37N11OSSi. The Balaban J connectivity index is 1.03. The molecule has 0 saturated heterocycles. The number of nitrogens with one attached hydrogen (secondary N) is 1. The standard InChI is InChI=1S/C28H37N11OSSi/c1-42(2,3)13-12-40-18-38-11-9-22-24(31-17-32-26(22)38)20-14-33-39(15-20)21-6-4-19(5-7-21)16-41-28-35-25(36-37-28)23-8-10-30-27(29)34-23/h8-11,14-15,17,19,21H,4-7,12-13,16,18H2,1-3H3,(H2,29,30,34)(H,35,36,37). The predicted octanol–water partition coefficient (Wildman–Crippen LogP) is 5.29. The smallest absolute Gasteiger partial charge is 0.220 e. The Morgan fingerprint density at radius 3 is 2.76 bits per heavy atom. The zero-order valence-electron chi connectivity index (χ0n) is 24.3. The van der Waals surface area contributed by atoms with Gasteiger partial charge in [0.05, 0.1) is 17.9 Å². The van der Waals surface area contributed by atoms with Crippen molar-refractivity contribution >= 4 is 36.8 Å². The minimum absolute atomic E-state index is 0.220. The van der Waals surface area contributed by atoms with E-state index in [1.54, 1.807) is 30.4 Å². The number of nitrogen functional groups attached to an aromatic ring is 1. The molecule has 0 spiro atoms. The normalized spacial score (nSPS) is 17.7. The highest BCUT2D eigenvalue weighted by atomic mass is 32.2. The fourth-order valence-electron chi connectivity index (χ4n) is 5.24. The van der Waals surface area contributed by atoms with Crippen molar-refractivity contribution in [2.75, 3.05) is 18.1 Å². The molecule has 0 radical (unpaired) electrons. The minimum atomic E-state index is -1.12. The third-order valence-electron chi connectivity index (χ3n) is 7.68. The summed E-state index contributed by atoms with van der Waals surface area (Å²) in [4.78, 5) is 21.9. The van der Waals surface area contributed by atoms with Crippen LogP contribution in [0, 0.1) is 5.92 Å². The van der Waals surface area contributed by atoms with Gasteiger partial charge in [-0.1, -0.05) is 31.4 Å². The lowest BCUT2D eigenvalue weighted by Crippen LogP contribution is -2.22. The van der Waals surface area contributed by atoms with E-state index < -0.39 is 8.07 Å². The highest BCUT2D eigenvalue weighted by Gasteiger charge is 2.24. The van der Waals surface area contributed by atoms with Crippen LogP contribution in [0.2, 0.25) is 25.7 Å². The number of nitrogens with zero attached hydrogens (tertiary/aromatic N) is 9. The molecule has 12 nitrogen and oxygen atoms in total. The predicted molar refractivity (Wildman–Crippen MR) is 166 cm³/mol. The van der Waals surface area contributed by atoms with Crippen LogP contribution in [0.3, 0.4) is 0 Å². The first kappa shape index (κ1) is 28.5. The lowest BCUT2D eigenvalue weighted by Gasteiger charge is -2.28. The van der Waals surface area contributed by atoms with E-state index in [-0.39, 0.29) is 5.95 Å². The highest BCUT2D eigenvalue weighted by Crippen LogP contribution is 2.36. The van der Waals surface area contributed by atoms with Crippen LogP contribution >= 0.6 is 11.8 Å². The molecule has 0 atom stereocenters. The first-order valence-corrected chi connectivity index (χ1v) is 19.1. The van der Waals surface area contributed by atoms with Gasteiger partial charge >= 0.3 is 0 Å². The van der Waals surface area contributed by atoms with Gasteiger partial charge in [-0.05, 0) is 49.8 Å². The molecule has 0 aromatic carbocycles. The van der Waals surface area contributed by atoms with E-state index in [9.17, 15) is 0 Å². The summed E-state index contributed by atoms with van der Waals surface area (Å²) in [5.41, 5.74) is 9.15. The van der Waals surface area contributed by atoms with Gasteiger partial charge in [0, 0.05) is 50.0 Å². The monoisotopic (exact) mass is 603 g/mol. The molecule has 5 aromatic rings. The molecule has 220 valence electrons. The lowest BCUT2D eigenvalue weighted by molar-refractivity contribution is 0.0899. The average Bonchev–Trinajstić information content (AvgIpc) is 3.74. The van der Waals surface area contributed by atoms with Gasteiger partial charge in [-0.2, -0.15) is 10.1 Å². The van der Waals surface area contributed by atoms with Crippen molar-refractivity contribution in [2.45, 2.75) is 69.3 Å². The Labute approximate surface area is 250 Å². The zero-order valence-corrected chi connectivity index (χ0v) is 26.1. The van der Waals surface area contributed by atoms with Gasteiger partial charge in [-0.15, -0.1) is 5.10 Å². The van der Waals surface area contributed by atoms with Crippen molar-refractivity contribution in [2.24, 2.45) is 5.92 Å². The van der Waals surface area contributed by atoms with Gasteiger partial charge < -0.3 is 15.0 Å². The molecule has 0 amide bonds. The number of aromatic nitrogens is 10. The van der Waals surface area contributed by atoms with Gasteiger partial charge in [0.2, 0.25) is 11.1 Å². The van der Waals surface area contributed by atoms with Crippen LogP contribution < -0.4 is 5.73 Å².